The van der Waals surface area contributed by atoms with Crippen LogP contribution in [0.15, 0.2) is 42.5 Å². The molecule has 3 rings (SSSR count). The van der Waals surface area contributed by atoms with Gasteiger partial charge in [-0.25, -0.2) is 0 Å². The summed E-state index contributed by atoms with van der Waals surface area (Å²) in [6.45, 7) is 2.21. The van der Waals surface area contributed by atoms with Gasteiger partial charge in [-0.3, -0.25) is 4.79 Å². The number of aryl methyl sites for hydroxylation is 3. The fourth-order valence-electron chi connectivity index (χ4n) is 2.80. The van der Waals surface area contributed by atoms with Crippen LogP contribution in [0.25, 0.3) is 0 Å². The summed E-state index contributed by atoms with van der Waals surface area (Å²) in [5.74, 6) is 0.826. The lowest BCUT2D eigenvalue weighted by Gasteiger charge is -2.08. The summed E-state index contributed by atoms with van der Waals surface area (Å²) in [4.78, 5) is 12.1. The Balaban J connectivity index is 1.62. The molecule has 2 aromatic carbocycles. The summed E-state index contributed by atoms with van der Waals surface area (Å²) < 4.78 is 5.65. The molecule has 1 aliphatic carbocycles. The average molecular weight is 280 g/mol. The zero-order chi connectivity index (χ0) is 14.7. The van der Waals surface area contributed by atoms with Gasteiger partial charge in [0.15, 0.2) is 12.4 Å². The van der Waals surface area contributed by atoms with Crippen LogP contribution in [0.3, 0.4) is 0 Å². The number of Topliss-reactive ketones (excluding diaryl/α,β-unsaturated/α-hetero) is 1. The van der Waals surface area contributed by atoms with Crippen LogP contribution in [0.2, 0.25) is 0 Å². The minimum atomic E-state index is 0.0261. The van der Waals surface area contributed by atoms with E-state index in [9.17, 15) is 4.79 Å². The second kappa shape index (κ2) is 6.13. The molecule has 0 fully saturated rings. The van der Waals surface area contributed by atoms with E-state index in [1.165, 1.54) is 29.5 Å². The van der Waals surface area contributed by atoms with Gasteiger partial charge in [-0.15, -0.1) is 0 Å². The third-order valence-corrected chi connectivity index (χ3v) is 4.12. The molecule has 0 unspecified atom stereocenters. The first kappa shape index (κ1) is 13.9. The highest BCUT2D eigenvalue weighted by Crippen LogP contribution is 2.26. The molecular formula is C19H20O2. The molecule has 0 bridgehead atoms. The van der Waals surface area contributed by atoms with Gasteiger partial charge in [-0.05, 0) is 54.5 Å². The van der Waals surface area contributed by atoms with Gasteiger partial charge in [0.2, 0.25) is 0 Å². The molecule has 0 radical (unpaired) electrons. The third kappa shape index (κ3) is 3.15. The quantitative estimate of drug-likeness (QED) is 0.774. The number of rotatable bonds is 5. The maximum atomic E-state index is 12.1. The van der Waals surface area contributed by atoms with Gasteiger partial charge in [0.1, 0.15) is 5.75 Å². The lowest BCUT2D eigenvalue weighted by atomic mass is 10.1. The summed E-state index contributed by atoms with van der Waals surface area (Å²) in [6.07, 6.45) is 4.50. The number of ketones is 1. The molecule has 0 spiro atoms. The van der Waals surface area contributed by atoms with Gasteiger partial charge in [0.05, 0.1) is 0 Å². The molecule has 0 aliphatic heterocycles. The van der Waals surface area contributed by atoms with E-state index in [2.05, 4.69) is 19.1 Å². The number of hydrogen-bond acceptors (Lipinski definition) is 2. The van der Waals surface area contributed by atoms with Crippen LogP contribution >= 0.6 is 0 Å². The van der Waals surface area contributed by atoms with Crippen LogP contribution in [0.5, 0.6) is 5.75 Å². The molecule has 2 nitrogen and oxygen atoms in total. The fraction of sp³-hybridized carbons (Fsp3) is 0.316. The molecule has 0 heterocycles. The number of benzene rings is 2. The molecule has 0 amide bonds. The summed E-state index contributed by atoms with van der Waals surface area (Å²) in [6, 6.07) is 13.9. The van der Waals surface area contributed by atoms with E-state index in [4.69, 9.17) is 4.74 Å². The molecule has 0 saturated carbocycles. The highest BCUT2D eigenvalue weighted by molar-refractivity contribution is 5.97. The van der Waals surface area contributed by atoms with E-state index >= 15 is 0 Å². The molecule has 1 aliphatic rings. The average Bonchev–Trinajstić information content (AvgIpc) is 3.00. The Hall–Kier alpha value is -2.09. The van der Waals surface area contributed by atoms with Crippen molar-refractivity contribution >= 4 is 5.78 Å². The summed E-state index contributed by atoms with van der Waals surface area (Å²) in [7, 11) is 0. The Labute approximate surface area is 125 Å². The van der Waals surface area contributed by atoms with Crippen molar-refractivity contribution in [2.45, 2.75) is 32.6 Å². The number of carbonyl (C=O) groups is 1. The van der Waals surface area contributed by atoms with Crippen molar-refractivity contribution in [3.63, 3.8) is 0 Å². The van der Waals surface area contributed by atoms with Crippen molar-refractivity contribution in [3.8, 4) is 5.75 Å². The first-order chi connectivity index (χ1) is 10.3. The lowest BCUT2D eigenvalue weighted by molar-refractivity contribution is 0.0921. The number of carbonyl (C=O) groups excluding carboxylic acids is 1. The van der Waals surface area contributed by atoms with E-state index in [1.807, 2.05) is 30.3 Å². The van der Waals surface area contributed by atoms with E-state index in [0.29, 0.717) is 5.56 Å². The van der Waals surface area contributed by atoms with Crippen molar-refractivity contribution in [1.29, 1.82) is 0 Å². The molecule has 108 valence electrons. The van der Waals surface area contributed by atoms with Crippen molar-refractivity contribution in [2.24, 2.45) is 0 Å². The molecule has 0 saturated heterocycles. The summed E-state index contributed by atoms with van der Waals surface area (Å²) >= 11 is 0. The molecule has 21 heavy (non-hydrogen) atoms. The Morgan fingerprint density at radius 2 is 1.81 bits per heavy atom. The number of ether oxygens (including phenoxy) is 1. The Kier molecular flexibility index (Phi) is 4.05. The molecule has 2 aromatic rings. The van der Waals surface area contributed by atoms with Crippen LogP contribution in [0.4, 0.5) is 0 Å². The smallest absolute Gasteiger partial charge is 0.200 e. The third-order valence-electron chi connectivity index (χ3n) is 4.12. The van der Waals surface area contributed by atoms with Gasteiger partial charge in [-0.2, -0.15) is 0 Å². The monoisotopic (exact) mass is 280 g/mol. The highest BCUT2D eigenvalue weighted by Gasteiger charge is 2.12. The predicted octanol–water partition coefficient (Wildman–Crippen LogP) is 4.00. The highest BCUT2D eigenvalue weighted by atomic mass is 16.5. The van der Waals surface area contributed by atoms with Gasteiger partial charge in [0.25, 0.3) is 0 Å². The van der Waals surface area contributed by atoms with Gasteiger partial charge in [-0.1, -0.05) is 37.3 Å². The van der Waals surface area contributed by atoms with Gasteiger partial charge >= 0.3 is 0 Å². The van der Waals surface area contributed by atoms with Gasteiger partial charge in [0, 0.05) is 5.56 Å². The minimum Gasteiger partial charge on any atom is -0.485 e. The minimum absolute atomic E-state index is 0.0261. The Bertz CT molecular complexity index is 641. The maximum absolute atomic E-state index is 12.1. The fourth-order valence-corrected chi connectivity index (χ4v) is 2.80. The van der Waals surface area contributed by atoms with Crippen LogP contribution in [0, 0.1) is 0 Å². The van der Waals surface area contributed by atoms with E-state index in [0.717, 1.165) is 18.6 Å². The standard InChI is InChI=1S/C19H20O2/c1-2-14-6-8-16(9-7-14)19(20)13-21-18-11-10-15-4-3-5-17(15)12-18/h6-12H,2-5,13H2,1H3. The van der Waals surface area contributed by atoms with Crippen LogP contribution in [-0.4, -0.2) is 12.4 Å². The number of hydrogen-bond donors (Lipinski definition) is 0. The first-order valence-electron chi connectivity index (χ1n) is 7.63. The van der Waals surface area contributed by atoms with Crippen LogP contribution in [-0.2, 0) is 19.3 Å². The van der Waals surface area contributed by atoms with Crippen LogP contribution in [0.1, 0.15) is 40.4 Å². The summed E-state index contributed by atoms with van der Waals surface area (Å²) in [5, 5.41) is 0. The Morgan fingerprint density at radius 3 is 2.57 bits per heavy atom. The molecule has 0 aromatic heterocycles. The second-order valence-corrected chi connectivity index (χ2v) is 5.55. The SMILES string of the molecule is CCc1ccc(C(=O)COc2ccc3c(c2)CCC3)cc1. The largest absolute Gasteiger partial charge is 0.485 e. The zero-order valence-corrected chi connectivity index (χ0v) is 12.4. The lowest BCUT2D eigenvalue weighted by Crippen LogP contribution is -2.11. The zero-order valence-electron chi connectivity index (χ0n) is 12.4. The molecule has 0 atom stereocenters. The van der Waals surface area contributed by atoms with Crippen molar-refractivity contribution < 1.29 is 9.53 Å². The normalized spacial score (nSPS) is 13.0. The van der Waals surface area contributed by atoms with E-state index in [-0.39, 0.29) is 12.4 Å². The Morgan fingerprint density at radius 1 is 1.05 bits per heavy atom. The second-order valence-electron chi connectivity index (χ2n) is 5.55. The van der Waals surface area contributed by atoms with Crippen molar-refractivity contribution in [3.05, 3.63) is 64.7 Å². The topological polar surface area (TPSA) is 26.3 Å². The van der Waals surface area contributed by atoms with E-state index in [1.54, 1.807) is 0 Å². The predicted molar refractivity (Wildman–Crippen MR) is 84.1 cm³/mol. The van der Waals surface area contributed by atoms with Gasteiger partial charge < -0.3 is 4.74 Å². The van der Waals surface area contributed by atoms with Crippen LogP contribution < -0.4 is 4.74 Å². The molecule has 2 heteroatoms. The van der Waals surface area contributed by atoms with Crippen molar-refractivity contribution in [1.82, 2.24) is 0 Å². The van der Waals surface area contributed by atoms with E-state index < -0.39 is 0 Å². The number of fused-ring (bicyclic) bond motifs is 1. The molecule has 0 N–H and O–H groups in total. The first-order valence-corrected chi connectivity index (χ1v) is 7.63. The molecular weight excluding hydrogens is 260 g/mol. The van der Waals surface area contributed by atoms with Crippen molar-refractivity contribution in [2.75, 3.05) is 6.61 Å². The summed E-state index contributed by atoms with van der Waals surface area (Å²) in [5.41, 5.74) is 4.75. The maximum Gasteiger partial charge on any atom is 0.200 e.